The minimum atomic E-state index is -1.66. The number of rotatable bonds is 4. The second-order valence-corrected chi connectivity index (χ2v) is 7.35. The van der Waals surface area contributed by atoms with Gasteiger partial charge in [-0.15, -0.1) is 0 Å². The van der Waals surface area contributed by atoms with Crippen LogP contribution in [0.15, 0.2) is 65.8 Å². The first-order chi connectivity index (χ1) is 13.5. The summed E-state index contributed by atoms with van der Waals surface area (Å²) in [6.45, 7) is 0. The average molecular weight is 417 g/mol. The highest BCUT2D eigenvalue weighted by molar-refractivity contribution is 7.86. The largest absolute Gasteiger partial charge is 0.298 e. The number of anilines is 1. The molecule has 0 aliphatic heterocycles. The Morgan fingerprint density at radius 1 is 0.893 bits per heavy atom. The van der Waals surface area contributed by atoms with E-state index in [0.29, 0.717) is 32.7 Å². The lowest BCUT2D eigenvalue weighted by Crippen LogP contribution is -2.06. The normalized spacial score (nSPS) is 12.1. The topological polar surface area (TPSA) is 67.8 Å². The fraction of sp³-hybridized carbons (Fsp3) is 0. The van der Waals surface area contributed by atoms with E-state index >= 15 is 0 Å². The summed E-state index contributed by atoms with van der Waals surface area (Å²) in [6, 6.07) is 12.1. The zero-order chi connectivity index (χ0) is 19.7. The molecule has 0 radical (unpaired) electrons. The number of hydrogen-bond donors (Lipinski definition) is 1. The van der Waals surface area contributed by atoms with Gasteiger partial charge in [-0.05, 0) is 48.0 Å². The first-order valence-corrected chi connectivity index (χ1v) is 9.54. The third-order valence-electron chi connectivity index (χ3n) is 3.92. The molecule has 0 bridgehead atoms. The lowest BCUT2D eigenvalue weighted by molar-refractivity contribution is 0.583. The molecule has 0 spiro atoms. The molecule has 140 valence electrons. The van der Waals surface area contributed by atoms with Crippen LogP contribution in [-0.2, 0) is 11.0 Å². The molecule has 4 aromatic rings. The molecule has 0 aliphatic carbocycles. The van der Waals surface area contributed by atoms with Crippen LogP contribution in [0.2, 0.25) is 5.15 Å². The lowest BCUT2D eigenvalue weighted by atomic mass is 10.1. The van der Waals surface area contributed by atoms with Crippen molar-refractivity contribution in [1.29, 1.82) is 0 Å². The zero-order valence-corrected chi connectivity index (χ0v) is 15.6. The average Bonchev–Trinajstić information content (AvgIpc) is 2.69. The van der Waals surface area contributed by atoms with Crippen LogP contribution in [0.5, 0.6) is 0 Å². The SMILES string of the molecule is O=S(Nc1cc(-c2ccc3ncc(F)nc3c2)cnc1Cl)c1ccc(F)cc1. The van der Waals surface area contributed by atoms with Gasteiger partial charge in [-0.1, -0.05) is 17.7 Å². The van der Waals surface area contributed by atoms with Crippen LogP contribution >= 0.6 is 11.6 Å². The van der Waals surface area contributed by atoms with Crippen molar-refractivity contribution < 1.29 is 13.0 Å². The minimum absolute atomic E-state index is 0.130. The van der Waals surface area contributed by atoms with Gasteiger partial charge in [0, 0.05) is 11.8 Å². The van der Waals surface area contributed by atoms with Crippen LogP contribution in [0.3, 0.4) is 0 Å². The Bertz CT molecular complexity index is 1200. The molecule has 2 aromatic heterocycles. The summed E-state index contributed by atoms with van der Waals surface area (Å²) >= 11 is 6.12. The van der Waals surface area contributed by atoms with Crippen molar-refractivity contribution >= 4 is 39.3 Å². The smallest absolute Gasteiger partial charge is 0.231 e. The third-order valence-corrected chi connectivity index (χ3v) is 5.32. The maximum Gasteiger partial charge on any atom is 0.231 e. The van der Waals surface area contributed by atoms with Crippen molar-refractivity contribution in [3.8, 4) is 11.1 Å². The molecule has 0 aliphatic rings. The van der Waals surface area contributed by atoms with Crippen LogP contribution in [0.25, 0.3) is 22.2 Å². The van der Waals surface area contributed by atoms with Crippen LogP contribution < -0.4 is 4.72 Å². The molecule has 1 unspecified atom stereocenters. The number of benzene rings is 2. The van der Waals surface area contributed by atoms with Gasteiger partial charge in [0.15, 0.2) is 5.15 Å². The predicted octanol–water partition coefficient (Wildman–Crippen LogP) is 4.76. The number of nitrogens with one attached hydrogen (secondary N) is 1. The number of halogens is 3. The molecule has 0 saturated heterocycles. The summed E-state index contributed by atoms with van der Waals surface area (Å²) in [5.41, 5.74) is 2.68. The number of aromatic nitrogens is 3. The predicted molar refractivity (Wildman–Crippen MR) is 104 cm³/mol. The molecule has 0 amide bonds. The second kappa shape index (κ2) is 7.57. The van der Waals surface area contributed by atoms with Crippen LogP contribution in [0.1, 0.15) is 0 Å². The van der Waals surface area contributed by atoms with Crippen LogP contribution in [0, 0.1) is 11.8 Å². The fourth-order valence-corrected chi connectivity index (χ4v) is 3.63. The quantitative estimate of drug-likeness (QED) is 0.487. The zero-order valence-electron chi connectivity index (χ0n) is 14.1. The molecule has 2 heterocycles. The van der Waals surface area contributed by atoms with Gasteiger partial charge in [0.2, 0.25) is 5.95 Å². The minimum Gasteiger partial charge on any atom is -0.298 e. The molecular weight excluding hydrogens is 406 g/mol. The van der Waals surface area contributed by atoms with E-state index in [1.54, 1.807) is 30.5 Å². The van der Waals surface area contributed by atoms with E-state index in [-0.39, 0.29) is 5.15 Å². The summed E-state index contributed by atoms with van der Waals surface area (Å²) in [6.07, 6.45) is 2.60. The highest BCUT2D eigenvalue weighted by Crippen LogP contribution is 2.29. The van der Waals surface area contributed by atoms with Crippen LogP contribution in [0.4, 0.5) is 14.5 Å². The van der Waals surface area contributed by atoms with Crippen molar-refractivity contribution in [3.05, 3.63) is 77.8 Å². The molecule has 1 atom stereocenters. The Hall–Kier alpha value is -2.97. The van der Waals surface area contributed by atoms with Crippen molar-refractivity contribution in [1.82, 2.24) is 15.0 Å². The lowest BCUT2D eigenvalue weighted by Gasteiger charge is -2.10. The van der Waals surface area contributed by atoms with E-state index in [0.717, 1.165) is 6.20 Å². The Kier molecular flexibility index (Phi) is 4.97. The van der Waals surface area contributed by atoms with Gasteiger partial charge in [0.05, 0.1) is 27.8 Å². The molecule has 5 nitrogen and oxygen atoms in total. The third kappa shape index (κ3) is 3.83. The van der Waals surface area contributed by atoms with Gasteiger partial charge >= 0.3 is 0 Å². The second-order valence-electron chi connectivity index (χ2n) is 5.78. The van der Waals surface area contributed by atoms with Crippen molar-refractivity contribution in [2.75, 3.05) is 4.72 Å². The molecular formula is C19H11ClF2N4OS. The molecule has 0 saturated carbocycles. The monoisotopic (exact) mass is 416 g/mol. The Balaban J connectivity index is 1.67. The maximum absolute atomic E-state index is 13.3. The van der Waals surface area contributed by atoms with E-state index in [4.69, 9.17) is 11.6 Å². The van der Waals surface area contributed by atoms with Gasteiger partial charge < -0.3 is 0 Å². The van der Waals surface area contributed by atoms with Gasteiger partial charge in [-0.2, -0.15) is 4.39 Å². The summed E-state index contributed by atoms with van der Waals surface area (Å²) in [4.78, 5) is 12.3. The molecule has 9 heteroatoms. The van der Waals surface area contributed by atoms with Crippen LogP contribution in [-0.4, -0.2) is 19.2 Å². The number of fused-ring (bicyclic) bond motifs is 1. The highest BCUT2D eigenvalue weighted by atomic mass is 35.5. The molecule has 1 N–H and O–H groups in total. The number of hydrogen-bond acceptors (Lipinski definition) is 4. The van der Waals surface area contributed by atoms with Gasteiger partial charge in [-0.25, -0.2) is 23.6 Å². The summed E-state index contributed by atoms with van der Waals surface area (Å²) < 4.78 is 41.6. The summed E-state index contributed by atoms with van der Waals surface area (Å²) in [5.74, 6) is -1.09. The highest BCUT2D eigenvalue weighted by Gasteiger charge is 2.11. The van der Waals surface area contributed by atoms with Crippen molar-refractivity contribution in [3.63, 3.8) is 0 Å². The molecule has 0 fully saturated rings. The fourth-order valence-electron chi connectivity index (χ4n) is 2.56. The Morgan fingerprint density at radius 2 is 1.68 bits per heavy atom. The van der Waals surface area contributed by atoms with Gasteiger partial charge in [-0.3, -0.25) is 4.72 Å². The number of pyridine rings is 1. The van der Waals surface area contributed by atoms with Gasteiger partial charge in [0.1, 0.15) is 16.8 Å². The standard InChI is InChI=1S/C19H11ClF2N4OS/c20-19-17(26-28(27)14-4-2-13(21)3-5-14)8-12(9-24-19)11-1-6-15-16(7-11)25-18(22)10-23-15/h1-10,26H. The maximum atomic E-state index is 13.3. The van der Waals surface area contributed by atoms with E-state index in [9.17, 15) is 13.0 Å². The van der Waals surface area contributed by atoms with Crippen molar-refractivity contribution in [2.24, 2.45) is 0 Å². The Morgan fingerprint density at radius 3 is 2.46 bits per heavy atom. The van der Waals surface area contributed by atoms with E-state index < -0.39 is 22.8 Å². The number of nitrogens with zero attached hydrogens (tertiary/aromatic N) is 3. The summed E-state index contributed by atoms with van der Waals surface area (Å²) in [7, 11) is -1.66. The Labute approximate surface area is 166 Å². The first kappa shape index (κ1) is 18.4. The molecule has 28 heavy (non-hydrogen) atoms. The van der Waals surface area contributed by atoms with E-state index in [1.807, 2.05) is 0 Å². The van der Waals surface area contributed by atoms with Crippen molar-refractivity contribution in [2.45, 2.75) is 4.90 Å². The van der Waals surface area contributed by atoms with E-state index in [1.165, 1.54) is 24.3 Å². The summed E-state index contributed by atoms with van der Waals surface area (Å²) in [5, 5.41) is 0.130. The van der Waals surface area contributed by atoms with Gasteiger partial charge in [0.25, 0.3) is 0 Å². The van der Waals surface area contributed by atoms with E-state index in [2.05, 4.69) is 19.7 Å². The molecule has 2 aromatic carbocycles. The molecule has 4 rings (SSSR count). The first-order valence-electron chi connectivity index (χ1n) is 8.02.